The molecule has 1 aromatic rings. The molecule has 0 bridgehead atoms. The monoisotopic (exact) mass is 262 g/mol. The number of nitrogens with zero attached hydrogens (tertiary/aromatic N) is 1. The summed E-state index contributed by atoms with van der Waals surface area (Å²) in [5.74, 6) is 0. The quantitative estimate of drug-likeness (QED) is 0.742. The molecule has 1 aliphatic rings. The molecule has 1 aromatic carbocycles. The van der Waals surface area contributed by atoms with Crippen LogP contribution in [-0.4, -0.2) is 36.2 Å². The summed E-state index contributed by atoms with van der Waals surface area (Å²) >= 11 is 0. The van der Waals surface area contributed by atoms with Crippen LogP contribution < -0.4 is 5.32 Å². The number of aliphatic hydroxyl groups excluding tert-OH is 1. The van der Waals surface area contributed by atoms with Crippen LogP contribution >= 0.6 is 0 Å². The van der Waals surface area contributed by atoms with Gasteiger partial charge in [0.2, 0.25) is 0 Å². The molecule has 2 rings (SSSR count). The Labute approximate surface area is 116 Å². The first-order valence-corrected chi connectivity index (χ1v) is 7.54. The lowest BCUT2D eigenvalue weighted by Crippen LogP contribution is -2.29. The van der Waals surface area contributed by atoms with Gasteiger partial charge < -0.3 is 10.4 Å². The van der Waals surface area contributed by atoms with E-state index in [0.29, 0.717) is 0 Å². The van der Waals surface area contributed by atoms with Crippen LogP contribution in [-0.2, 0) is 6.54 Å². The Morgan fingerprint density at radius 1 is 1.00 bits per heavy atom. The molecule has 0 atom stereocenters. The molecular formula is C16H26N2O. The maximum absolute atomic E-state index is 8.72. The smallest absolute Gasteiger partial charge is 0.0431 e. The fourth-order valence-corrected chi connectivity index (χ4v) is 2.57. The second kappa shape index (κ2) is 8.18. The van der Waals surface area contributed by atoms with Gasteiger partial charge in [0.05, 0.1) is 0 Å². The van der Waals surface area contributed by atoms with Gasteiger partial charge in [0.25, 0.3) is 0 Å². The summed E-state index contributed by atoms with van der Waals surface area (Å²) in [4.78, 5) is 2.55. The van der Waals surface area contributed by atoms with Gasteiger partial charge in [-0.1, -0.05) is 18.6 Å². The lowest BCUT2D eigenvalue weighted by atomic mass is 10.1. The van der Waals surface area contributed by atoms with Gasteiger partial charge in [-0.25, -0.2) is 0 Å². The van der Waals surface area contributed by atoms with Crippen molar-refractivity contribution in [3.05, 3.63) is 29.8 Å². The molecule has 3 heteroatoms. The summed E-state index contributed by atoms with van der Waals surface area (Å²) < 4.78 is 0. The van der Waals surface area contributed by atoms with E-state index in [4.69, 9.17) is 5.11 Å². The first-order chi connectivity index (χ1) is 9.38. The molecule has 0 amide bonds. The number of rotatable bonds is 7. The average molecular weight is 262 g/mol. The Bertz CT molecular complexity index is 344. The molecule has 1 heterocycles. The molecule has 0 radical (unpaired) electrons. The van der Waals surface area contributed by atoms with E-state index in [1.54, 1.807) is 0 Å². The molecule has 0 saturated carbocycles. The highest BCUT2D eigenvalue weighted by Crippen LogP contribution is 2.15. The molecule has 1 aliphatic heterocycles. The van der Waals surface area contributed by atoms with Gasteiger partial charge in [0.15, 0.2) is 0 Å². The fraction of sp³-hybridized carbons (Fsp3) is 0.625. The highest BCUT2D eigenvalue weighted by Gasteiger charge is 2.09. The standard InChI is InChI=1S/C16H26N2O/c19-13-5-2-10-17-16-8-6-15(7-9-16)14-18-11-3-1-4-12-18/h6-9,17,19H,1-5,10-14H2. The van der Waals surface area contributed by atoms with Gasteiger partial charge in [-0.15, -0.1) is 0 Å². The summed E-state index contributed by atoms with van der Waals surface area (Å²) in [6, 6.07) is 8.78. The number of unbranched alkanes of at least 4 members (excludes halogenated alkanes) is 1. The molecule has 2 N–H and O–H groups in total. The second-order valence-corrected chi connectivity index (χ2v) is 5.39. The predicted octanol–water partition coefficient (Wildman–Crippen LogP) is 2.86. The molecule has 0 spiro atoms. The van der Waals surface area contributed by atoms with E-state index in [9.17, 15) is 0 Å². The zero-order chi connectivity index (χ0) is 13.3. The molecular weight excluding hydrogens is 236 g/mol. The molecule has 19 heavy (non-hydrogen) atoms. The summed E-state index contributed by atoms with van der Waals surface area (Å²) in [6.45, 7) is 4.82. The highest BCUT2D eigenvalue weighted by molar-refractivity contribution is 5.44. The zero-order valence-electron chi connectivity index (χ0n) is 11.8. The van der Waals surface area contributed by atoms with Crippen molar-refractivity contribution in [3.8, 4) is 0 Å². The average Bonchev–Trinajstić information content (AvgIpc) is 2.46. The second-order valence-electron chi connectivity index (χ2n) is 5.39. The fourth-order valence-electron chi connectivity index (χ4n) is 2.57. The van der Waals surface area contributed by atoms with Gasteiger partial charge in [-0.2, -0.15) is 0 Å². The number of benzene rings is 1. The number of hydrogen-bond donors (Lipinski definition) is 2. The van der Waals surface area contributed by atoms with Crippen LogP contribution in [0.2, 0.25) is 0 Å². The number of aliphatic hydroxyl groups is 1. The van der Waals surface area contributed by atoms with Gasteiger partial charge in [0.1, 0.15) is 0 Å². The van der Waals surface area contributed by atoms with Crippen molar-refractivity contribution in [3.63, 3.8) is 0 Å². The van der Waals surface area contributed by atoms with E-state index in [-0.39, 0.29) is 6.61 Å². The number of likely N-dealkylation sites (tertiary alicyclic amines) is 1. The van der Waals surface area contributed by atoms with Crippen LogP contribution in [0.4, 0.5) is 5.69 Å². The minimum atomic E-state index is 0.288. The zero-order valence-corrected chi connectivity index (χ0v) is 11.8. The van der Waals surface area contributed by atoms with E-state index in [1.807, 2.05) is 0 Å². The largest absolute Gasteiger partial charge is 0.396 e. The summed E-state index contributed by atoms with van der Waals surface area (Å²) in [5.41, 5.74) is 2.59. The number of piperidine rings is 1. The Balaban J connectivity index is 1.74. The molecule has 0 unspecified atom stereocenters. The molecule has 1 saturated heterocycles. The number of hydrogen-bond acceptors (Lipinski definition) is 3. The van der Waals surface area contributed by atoms with Gasteiger partial charge in [0, 0.05) is 25.4 Å². The van der Waals surface area contributed by atoms with Crippen LogP contribution in [0, 0.1) is 0 Å². The van der Waals surface area contributed by atoms with Crippen molar-refractivity contribution in [2.45, 2.75) is 38.6 Å². The Hall–Kier alpha value is -1.06. The van der Waals surface area contributed by atoms with Crippen molar-refractivity contribution in [2.24, 2.45) is 0 Å². The number of anilines is 1. The van der Waals surface area contributed by atoms with Gasteiger partial charge >= 0.3 is 0 Å². The molecule has 3 nitrogen and oxygen atoms in total. The van der Waals surface area contributed by atoms with Gasteiger partial charge in [-0.3, -0.25) is 4.90 Å². The summed E-state index contributed by atoms with van der Waals surface area (Å²) in [7, 11) is 0. The van der Waals surface area contributed by atoms with Crippen molar-refractivity contribution in [2.75, 3.05) is 31.6 Å². The first-order valence-electron chi connectivity index (χ1n) is 7.54. The number of nitrogens with one attached hydrogen (secondary N) is 1. The normalized spacial score (nSPS) is 16.5. The van der Waals surface area contributed by atoms with Crippen molar-refractivity contribution in [1.82, 2.24) is 4.90 Å². The van der Waals surface area contributed by atoms with Crippen LogP contribution in [0.1, 0.15) is 37.7 Å². The van der Waals surface area contributed by atoms with Crippen molar-refractivity contribution < 1.29 is 5.11 Å². The minimum absolute atomic E-state index is 0.288. The lowest BCUT2D eigenvalue weighted by Gasteiger charge is -2.26. The van der Waals surface area contributed by atoms with Crippen molar-refractivity contribution in [1.29, 1.82) is 0 Å². The third kappa shape index (κ3) is 5.21. The van der Waals surface area contributed by atoms with E-state index in [1.165, 1.54) is 43.6 Å². The van der Waals surface area contributed by atoms with E-state index in [2.05, 4.69) is 34.5 Å². The van der Waals surface area contributed by atoms with Crippen molar-refractivity contribution >= 4 is 5.69 Å². The Morgan fingerprint density at radius 3 is 2.42 bits per heavy atom. The third-order valence-corrected chi connectivity index (χ3v) is 3.72. The molecule has 106 valence electrons. The Kier molecular flexibility index (Phi) is 6.18. The van der Waals surface area contributed by atoms with Crippen LogP contribution in [0.5, 0.6) is 0 Å². The van der Waals surface area contributed by atoms with Crippen LogP contribution in [0.15, 0.2) is 24.3 Å². The third-order valence-electron chi connectivity index (χ3n) is 3.72. The van der Waals surface area contributed by atoms with E-state index >= 15 is 0 Å². The van der Waals surface area contributed by atoms with Crippen LogP contribution in [0.3, 0.4) is 0 Å². The lowest BCUT2D eigenvalue weighted by molar-refractivity contribution is 0.221. The predicted molar refractivity (Wildman–Crippen MR) is 80.4 cm³/mol. The first kappa shape index (κ1) is 14.4. The topological polar surface area (TPSA) is 35.5 Å². The SMILES string of the molecule is OCCCCNc1ccc(CN2CCCCC2)cc1. The van der Waals surface area contributed by atoms with E-state index in [0.717, 1.165) is 25.9 Å². The maximum Gasteiger partial charge on any atom is 0.0431 e. The summed E-state index contributed by atoms with van der Waals surface area (Å²) in [5, 5.41) is 12.1. The Morgan fingerprint density at radius 2 is 1.74 bits per heavy atom. The van der Waals surface area contributed by atoms with E-state index < -0.39 is 0 Å². The van der Waals surface area contributed by atoms with Gasteiger partial charge in [-0.05, 0) is 56.5 Å². The minimum Gasteiger partial charge on any atom is -0.396 e. The summed E-state index contributed by atoms with van der Waals surface area (Å²) in [6.07, 6.45) is 5.99. The molecule has 0 aliphatic carbocycles. The molecule has 0 aromatic heterocycles. The van der Waals surface area contributed by atoms with Crippen LogP contribution in [0.25, 0.3) is 0 Å². The maximum atomic E-state index is 8.72. The molecule has 1 fully saturated rings. The highest BCUT2D eigenvalue weighted by atomic mass is 16.2.